The summed E-state index contributed by atoms with van der Waals surface area (Å²) >= 11 is 0. The van der Waals surface area contributed by atoms with Gasteiger partial charge < -0.3 is 20.5 Å². The third-order valence-electron chi connectivity index (χ3n) is 2.22. The summed E-state index contributed by atoms with van der Waals surface area (Å²) in [5.74, 6) is 0.211. The maximum Gasteiger partial charge on any atom is 0.243 e. The van der Waals surface area contributed by atoms with E-state index >= 15 is 0 Å². The minimum atomic E-state index is -0.465. The van der Waals surface area contributed by atoms with Crippen LogP contribution >= 0.6 is 0 Å². The number of carbonyl (C=O) groups excluding carboxylic acids is 1. The predicted molar refractivity (Wildman–Crippen MR) is 69.3 cm³/mol. The van der Waals surface area contributed by atoms with Gasteiger partial charge in [-0.15, -0.1) is 0 Å². The zero-order valence-corrected chi connectivity index (χ0v) is 10.6. The van der Waals surface area contributed by atoms with Crippen molar-refractivity contribution in [2.45, 2.75) is 6.54 Å². The summed E-state index contributed by atoms with van der Waals surface area (Å²) in [4.78, 5) is 10.4. The van der Waals surface area contributed by atoms with Crippen LogP contribution in [0.25, 0.3) is 0 Å². The molecule has 6 heteroatoms. The molecule has 0 heterocycles. The third kappa shape index (κ3) is 7.03. The lowest BCUT2D eigenvalue weighted by atomic mass is 10.2. The van der Waals surface area contributed by atoms with Crippen LogP contribution in [0.15, 0.2) is 24.3 Å². The third-order valence-corrected chi connectivity index (χ3v) is 2.22. The van der Waals surface area contributed by atoms with Gasteiger partial charge in [-0.25, -0.2) is 0 Å². The maximum absolute atomic E-state index is 10.4. The van der Waals surface area contributed by atoms with Gasteiger partial charge in [-0.05, 0) is 17.7 Å². The van der Waals surface area contributed by atoms with Crippen LogP contribution in [0.3, 0.4) is 0 Å². The lowest BCUT2D eigenvalue weighted by Gasteiger charge is -2.06. The number of nitrogens with one attached hydrogen (secondary N) is 1. The number of primary amides is 1. The molecule has 0 aliphatic carbocycles. The van der Waals surface area contributed by atoms with E-state index in [0.29, 0.717) is 25.4 Å². The molecular formula is C13H17N3O3. The van der Waals surface area contributed by atoms with E-state index < -0.39 is 5.91 Å². The minimum Gasteiger partial charge on any atom is -0.479 e. The fraction of sp³-hybridized carbons (Fsp3) is 0.385. The van der Waals surface area contributed by atoms with Crippen LogP contribution in [0.4, 0.5) is 0 Å². The highest BCUT2D eigenvalue weighted by molar-refractivity contribution is 5.74. The molecule has 0 spiro atoms. The molecule has 1 rings (SSSR count). The normalized spacial score (nSPS) is 9.84. The Hall–Kier alpha value is -2.10. The Morgan fingerprint density at radius 3 is 2.74 bits per heavy atom. The molecule has 1 aromatic rings. The summed E-state index contributed by atoms with van der Waals surface area (Å²) in [5, 5.41) is 11.5. The summed E-state index contributed by atoms with van der Waals surface area (Å²) in [5.41, 5.74) is 6.03. The zero-order valence-electron chi connectivity index (χ0n) is 10.6. The minimum absolute atomic E-state index is 0.0490. The highest BCUT2D eigenvalue weighted by atomic mass is 16.5. The fourth-order valence-corrected chi connectivity index (χ4v) is 1.37. The van der Waals surface area contributed by atoms with Gasteiger partial charge in [-0.3, -0.25) is 4.79 Å². The second-order valence-corrected chi connectivity index (χ2v) is 3.79. The molecular weight excluding hydrogens is 246 g/mol. The maximum atomic E-state index is 10.4. The molecule has 3 N–H and O–H groups in total. The van der Waals surface area contributed by atoms with Crippen LogP contribution in [-0.2, 0) is 16.1 Å². The molecule has 0 fully saturated rings. The van der Waals surface area contributed by atoms with Crippen molar-refractivity contribution >= 4 is 5.91 Å². The Morgan fingerprint density at radius 1 is 1.37 bits per heavy atom. The summed E-state index contributed by atoms with van der Waals surface area (Å²) < 4.78 is 10.2. The molecule has 0 saturated heterocycles. The Morgan fingerprint density at radius 2 is 2.11 bits per heavy atom. The van der Waals surface area contributed by atoms with Crippen LogP contribution in [0.1, 0.15) is 5.56 Å². The molecule has 0 saturated carbocycles. The quantitative estimate of drug-likeness (QED) is 0.619. The molecule has 0 aromatic heterocycles. The summed E-state index contributed by atoms with van der Waals surface area (Å²) in [6.07, 6.45) is 0. The number of amides is 1. The van der Waals surface area contributed by atoms with Gasteiger partial charge in [-0.2, -0.15) is 5.26 Å². The molecule has 0 atom stereocenters. The van der Waals surface area contributed by atoms with Crippen molar-refractivity contribution in [3.8, 4) is 11.8 Å². The summed E-state index contributed by atoms with van der Waals surface area (Å²) in [6, 6.07) is 9.39. The highest BCUT2D eigenvalue weighted by Gasteiger charge is 1.96. The average molecular weight is 263 g/mol. The van der Waals surface area contributed by atoms with Crippen molar-refractivity contribution in [1.29, 1.82) is 5.26 Å². The Bertz CT molecular complexity index is 426. The monoisotopic (exact) mass is 263 g/mol. The summed E-state index contributed by atoms with van der Waals surface area (Å²) in [7, 11) is 0. The van der Waals surface area contributed by atoms with E-state index in [1.807, 2.05) is 30.3 Å². The number of carbonyl (C=O) groups is 1. The molecule has 102 valence electrons. The van der Waals surface area contributed by atoms with Crippen LogP contribution in [-0.4, -0.2) is 32.3 Å². The van der Waals surface area contributed by atoms with Crippen molar-refractivity contribution in [3.63, 3.8) is 0 Å². The fourth-order valence-electron chi connectivity index (χ4n) is 1.37. The van der Waals surface area contributed by atoms with E-state index in [9.17, 15) is 4.79 Å². The van der Waals surface area contributed by atoms with Gasteiger partial charge in [0.15, 0.2) is 6.61 Å². The highest BCUT2D eigenvalue weighted by Crippen LogP contribution is 2.11. The molecule has 0 bridgehead atoms. The van der Waals surface area contributed by atoms with Crippen LogP contribution in [0.2, 0.25) is 0 Å². The largest absolute Gasteiger partial charge is 0.479 e. The molecule has 0 aliphatic rings. The van der Waals surface area contributed by atoms with Gasteiger partial charge in [0.25, 0.3) is 0 Å². The van der Waals surface area contributed by atoms with E-state index in [1.165, 1.54) is 0 Å². The Balaban J connectivity index is 2.16. The van der Waals surface area contributed by atoms with E-state index in [2.05, 4.69) is 5.32 Å². The number of nitrogens with two attached hydrogens (primary N) is 1. The molecule has 0 radical (unpaired) electrons. The van der Waals surface area contributed by atoms with E-state index in [1.54, 1.807) is 0 Å². The van der Waals surface area contributed by atoms with Crippen molar-refractivity contribution in [1.82, 2.24) is 5.32 Å². The summed E-state index contributed by atoms with van der Waals surface area (Å²) in [6.45, 7) is 1.77. The average Bonchev–Trinajstić information content (AvgIpc) is 2.41. The molecule has 1 amide bonds. The predicted octanol–water partition coefficient (Wildman–Crippen LogP) is 0.180. The number of ether oxygens (including phenoxy) is 2. The number of hydrogen-bond donors (Lipinski definition) is 2. The first-order valence-corrected chi connectivity index (χ1v) is 5.88. The van der Waals surface area contributed by atoms with Gasteiger partial charge in [-0.1, -0.05) is 12.1 Å². The number of benzene rings is 1. The van der Waals surface area contributed by atoms with Crippen molar-refractivity contribution in [2.24, 2.45) is 5.73 Å². The van der Waals surface area contributed by atoms with E-state index in [0.717, 1.165) is 5.56 Å². The van der Waals surface area contributed by atoms with Crippen LogP contribution in [0.5, 0.6) is 5.75 Å². The number of nitrogens with zero attached hydrogens (tertiary/aromatic N) is 1. The molecule has 0 unspecified atom stereocenters. The lowest BCUT2D eigenvalue weighted by Crippen LogP contribution is -2.23. The number of nitriles is 1. The van der Waals surface area contributed by atoms with Gasteiger partial charge in [0.1, 0.15) is 18.4 Å². The smallest absolute Gasteiger partial charge is 0.243 e. The van der Waals surface area contributed by atoms with Crippen molar-refractivity contribution in [3.05, 3.63) is 29.8 Å². The zero-order chi connectivity index (χ0) is 13.9. The number of rotatable bonds is 9. The Labute approximate surface area is 112 Å². The molecule has 6 nitrogen and oxygen atoms in total. The standard InChI is InChI=1S/C13H17N3O3/c14-5-7-19-12-3-1-11(2-4-12)9-16-6-8-18-10-13(15)17/h1-4,16H,6-10H2,(H2,15,17). The van der Waals surface area contributed by atoms with Gasteiger partial charge in [0.05, 0.1) is 6.61 Å². The van der Waals surface area contributed by atoms with Crippen molar-refractivity contribution in [2.75, 3.05) is 26.4 Å². The second-order valence-electron chi connectivity index (χ2n) is 3.79. The first kappa shape index (κ1) is 15.0. The second kappa shape index (κ2) is 8.91. The molecule has 1 aromatic carbocycles. The van der Waals surface area contributed by atoms with E-state index in [-0.39, 0.29) is 13.2 Å². The van der Waals surface area contributed by atoms with Crippen LogP contribution < -0.4 is 15.8 Å². The van der Waals surface area contributed by atoms with Crippen molar-refractivity contribution < 1.29 is 14.3 Å². The van der Waals surface area contributed by atoms with Gasteiger partial charge >= 0.3 is 0 Å². The lowest BCUT2D eigenvalue weighted by molar-refractivity contribution is -0.122. The first-order chi connectivity index (χ1) is 9.22. The van der Waals surface area contributed by atoms with Crippen LogP contribution in [0, 0.1) is 11.3 Å². The van der Waals surface area contributed by atoms with Gasteiger partial charge in [0, 0.05) is 13.1 Å². The van der Waals surface area contributed by atoms with E-state index in [4.69, 9.17) is 20.5 Å². The topological polar surface area (TPSA) is 97.4 Å². The van der Waals surface area contributed by atoms with Gasteiger partial charge in [0.2, 0.25) is 5.91 Å². The first-order valence-electron chi connectivity index (χ1n) is 5.88. The Kier molecular flexibility index (Phi) is 7.02. The number of hydrogen-bond acceptors (Lipinski definition) is 5. The SMILES string of the molecule is N#CCOc1ccc(CNCCOCC(N)=O)cc1. The molecule has 19 heavy (non-hydrogen) atoms. The molecule has 0 aliphatic heterocycles.